The van der Waals surface area contributed by atoms with E-state index < -0.39 is 5.82 Å². The largest absolute Gasteiger partial charge is 0.383 e. The summed E-state index contributed by atoms with van der Waals surface area (Å²) in [6, 6.07) is 1.46. The van der Waals surface area contributed by atoms with Crippen LogP contribution in [0.25, 0.3) is 0 Å². The molecule has 1 aromatic rings. The molecular weight excluding hydrogens is 221 g/mol. The Morgan fingerprint density at radius 3 is 2.94 bits per heavy atom. The molecule has 1 aliphatic carbocycles. The number of rotatable bonds is 4. The standard InChI is InChI=1S/C12H16FN3O/c1-2-5-16(9-3-4-9)12(17)10-6-8(13)7-15-11(10)14/h6-7,9H,2-5H2,1H3,(H2,14,15). The quantitative estimate of drug-likeness (QED) is 0.868. The van der Waals surface area contributed by atoms with Gasteiger partial charge in [-0.1, -0.05) is 6.92 Å². The number of pyridine rings is 1. The highest BCUT2D eigenvalue weighted by Crippen LogP contribution is 2.29. The molecule has 2 rings (SSSR count). The molecule has 17 heavy (non-hydrogen) atoms. The average Bonchev–Trinajstić information content (AvgIpc) is 3.12. The van der Waals surface area contributed by atoms with E-state index >= 15 is 0 Å². The van der Waals surface area contributed by atoms with E-state index in [2.05, 4.69) is 4.98 Å². The molecule has 0 unspecified atom stereocenters. The highest BCUT2D eigenvalue weighted by atomic mass is 19.1. The number of aromatic nitrogens is 1. The van der Waals surface area contributed by atoms with Gasteiger partial charge in [-0.05, 0) is 25.3 Å². The smallest absolute Gasteiger partial charge is 0.257 e. The summed E-state index contributed by atoms with van der Waals surface area (Å²) in [5.41, 5.74) is 5.79. The van der Waals surface area contributed by atoms with E-state index in [0.29, 0.717) is 12.6 Å². The van der Waals surface area contributed by atoms with Gasteiger partial charge in [-0.3, -0.25) is 4.79 Å². The molecule has 92 valence electrons. The molecule has 0 spiro atoms. The maximum absolute atomic E-state index is 13.1. The molecule has 1 aliphatic rings. The number of anilines is 1. The summed E-state index contributed by atoms with van der Waals surface area (Å²) in [7, 11) is 0. The summed E-state index contributed by atoms with van der Waals surface area (Å²) in [6.45, 7) is 2.69. The van der Waals surface area contributed by atoms with E-state index in [4.69, 9.17) is 5.73 Å². The van der Waals surface area contributed by atoms with Crippen molar-refractivity contribution in [1.82, 2.24) is 9.88 Å². The second-order valence-corrected chi connectivity index (χ2v) is 4.32. The van der Waals surface area contributed by atoms with E-state index in [0.717, 1.165) is 31.5 Å². The molecule has 1 fully saturated rings. The van der Waals surface area contributed by atoms with Gasteiger partial charge in [0.1, 0.15) is 11.6 Å². The van der Waals surface area contributed by atoms with Gasteiger partial charge in [-0.2, -0.15) is 0 Å². The van der Waals surface area contributed by atoms with Crippen LogP contribution in [-0.2, 0) is 0 Å². The first-order valence-corrected chi connectivity index (χ1v) is 5.85. The molecule has 5 heteroatoms. The highest BCUT2D eigenvalue weighted by Gasteiger charge is 2.33. The van der Waals surface area contributed by atoms with E-state index in [1.807, 2.05) is 6.92 Å². The van der Waals surface area contributed by atoms with Crippen LogP contribution in [0.4, 0.5) is 10.2 Å². The van der Waals surface area contributed by atoms with Gasteiger partial charge in [0.05, 0.1) is 11.8 Å². The zero-order valence-electron chi connectivity index (χ0n) is 9.82. The molecular formula is C12H16FN3O. The van der Waals surface area contributed by atoms with Gasteiger partial charge in [-0.25, -0.2) is 9.37 Å². The van der Waals surface area contributed by atoms with Crippen molar-refractivity contribution >= 4 is 11.7 Å². The summed E-state index contributed by atoms with van der Waals surface area (Å²) in [6.07, 6.45) is 3.95. The van der Waals surface area contributed by atoms with Crippen molar-refractivity contribution in [3.63, 3.8) is 0 Å². The lowest BCUT2D eigenvalue weighted by Gasteiger charge is -2.22. The molecule has 1 aromatic heterocycles. The van der Waals surface area contributed by atoms with Crippen molar-refractivity contribution in [3.8, 4) is 0 Å². The molecule has 0 aliphatic heterocycles. The first-order chi connectivity index (χ1) is 8.13. The zero-order chi connectivity index (χ0) is 12.4. The van der Waals surface area contributed by atoms with Gasteiger partial charge >= 0.3 is 0 Å². The van der Waals surface area contributed by atoms with Crippen molar-refractivity contribution in [2.24, 2.45) is 0 Å². The molecule has 1 amide bonds. The lowest BCUT2D eigenvalue weighted by Crippen LogP contribution is -2.34. The maximum atomic E-state index is 13.1. The summed E-state index contributed by atoms with van der Waals surface area (Å²) in [4.78, 5) is 17.7. The minimum atomic E-state index is -0.533. The van der Waals surface area contributed by atoms with Crippen LogP contribution in [0, 0.1) is 5.82 Å². The average molecular weight is 237 g/mol. The number of nitrogens with two attached hydrogens (primary N) is 1. The molecule has 1 heterocycles. The van der Waals surface area contributed by atoms with Crippen molar-refractivity contribution in [1.29, 1.82) is 0 Å². The summed E-state index contributed by atoms with van der Waals surface area (Å²) < 4.78 is 13.1. The van der Waals surface area contributed by atoms with E-state index in [1.54, 1.807) is 4.90 Å². The predicted octanol–water partition coefficient (Wildman–Crippen LogP) is 1.82. The minimum absolute atomic E-state index is 0.0955. The molecule has 4 nitrogen and oxygen atoms in total. The number of carbonyl (C=O) groups is 1. The first-order valence-electron chi connectivity index (χ1n) is 5.85. The number of halogens is 1. The number of nitrogens with zero attached hydrogens (tertiary/aromatic N) is 2. The van der Waals surface area contributed by atoms with Crippen LogP contribution in [0.15, 0.2) is 12.3 Å². The van der Waals surface area contributed by atoms with Crippen molar-refractivity contribution in [3.05, 3.63) is 23.6 Å². The van der Waals surface area contributed by atoms with Gasteiger partial charge in [0.15, 0.2) is 0 Å². The third-order valence-electron chi connectivity index (χ3n) is 2.83. The fraction of sp³-hybridized carbons (Fsp3) is 0.500. The van der Waals surface area contributed by atoms with Crippen LogP contribution >= 0.6 is 0 Å². The number of nitrogen functional groups attached to an aromatic ring is 1. The van der Waals surface area contributed by atoms with E-state index in [-0.39, 0.29) is 17.3 Å². The zero-order valence-corrected chi connectivity index (χ0v) is 9.82. The number of amides is 1. The monoisotopic (exact) mass is 237 g/mol. The molecule has 0 saturated heterocycles. The van der Waals surface area contributed by atoms with Gasteiger partial charge in [-0.15, -0.1) is 0 Å². The lowest BCUT2D eigenvalue weighted by atomic mass is 10.2. The van der Waals surface area contributed by atoms with Crippen molar-refractivity contribution < 1.29 is 9.18 Å². The third kappa shape index (κ3) is 2.54. The lowest BCUT2D eigenvalue weighted by molar-refractivity contribution is 0.0743. The Labute approximate surface area is 99.6 Å². The fourth-order valence-corrected chi connectivity index (χ4v) is 1.85. The van der Waals surface area contributed by atoms with Crippen LogP contribution in [0.5, 0.6) is 0 Å². The van der Waals surface area contributed by atoms with E-state index in [9.17, 15) is 9.18 Å². The highest BCUT2D eigenvalue weighted by molar-refractivity contribution is 5.98. The fourth-order valence-electron chi connectivity index (χ4n) is 1.85. The second-order valence-electron chi connectivity index (χ2n) is 4.32. The van der Waals surface area contributed by atoms with Gasteiger partial charge in [0, 0.05) is 12.6 Å². The molecule has 0 atom stereocenters. The molecule has 0 bridgehead atoms. The maximum Gasteiger partial charge on any atom is 0.257 e. The second kappa shape index (κ2) is 4.69. The Morgan fingerprint density at radius 1 is 1.65 bits per heavy atom. The number of hydrogen-bond acceptors (Lipinski definition) is 3. The normalized spacial score (nSPS) is 14.7. The Balaban J connectivity index is 2.24. The van der Waals surface area contributed by atoms with Gasteiger partial charge in [0.2, 0.25) is 0 Å². The van der Waals surface area contributed by atoms with Crippen LogP contribution in [0.1, 0.15) is 36.5 Å². The Kier molecular flexibility index (Phi) is 3.26. The van der Waals surface area contributed by atoms with Crippen molar-refractivity contribution in [2.45, 2.75) is 32.2 Å². The Hall–Kier alpha value is -1.65. The topological polar surface area (TPSA) is 59.2 Å². The first kappa shape index (κ1) is 11.8. The summed E-state index contributed by atoms with van der Waals surface area (Å²) in [5.74, 6) is -0.646. The Bertz CT molecular complexity index is 432. The Morgan fingerprint density at radius 2 is 2.35 bits per heavy atom. The van der Waals surface area contributed by atoms with Crippen LogP contribution in [0.2, 0.25) is 0 Å². The van der Waals surface area contributed by atoms with Gasteiger partial charge in [0.25, 0.3) is 5.91 Å². The van der Waals surface area contributed by atoms with Crippen LogP contribution in [0.3, 0.4) is 0 Å². The predicted molar refractivity (Wildman–Crippen MR) is 63.0 cm³/mol. The number of carbonyl (C=O) groups excluding carboxylic acids is 1. The van der Waals surface area contributed by atoms with Gasteiger partial charge < -0.3 is 10.6 Å². The summed E-state index contributed by atoms with van der Waals surface area (Å²) in [5, 5.41) is 0. The molecule has 0 radical (unpaired) electrons. The third-order valence-corrected chi connectivity index (χ3v) is 2.83. The molecule has 0 aromatic carbocycles. The minimum Gasteiger partial charge on any atom is -0.383 e. The molecule has 2 N–H and O–H groups in total. The van der Waals surface area contributed by atoms with E-state index in [1.165, 1.54) is 0 Å². The number of hydrogen-bond donors (Lipinski definition) is 1. The molecule has 1 saturated carbocycles. The van der Waals surface area contributed by atoms with Crippen LogP contribution < -0.4 is 5.73 Å². The van der Waals surface area contributed by atoms with Crippen molar-refractivity contribution in [2.75, 3.05) is 12.3 Å². The SMILES string of the molecule is CCCN(C(=O)c1cc(F)cnc1N)C1CC1. The van der Waals surface area contributed by atoms with Crippen LogP contribution in [-0.4, -0.2) is 28.4 Å². The summed E-state index contributed by atoms with van der Waals surface area (Å²) >= 11 is 0.